The monoisotopic (exact) mass is 296 g/mol. The fourth-order valence-corrected chi connectivity index (χ4v) is 2.71. The number of aromatic nitrogens is 2. The predicted molar refractivity (Wildman–Crippen MR) is 84.4 cm³/mol. The minimum absolute atomic E-state index is 0.0244. The molecular formula is C17H20N4O. The molecule has 0 atom stereocenters. The van der Waals surface area contributed by atoms with E-state index in [1.54, 1.807) is 12.4 Å². The van der Waals surface area contributed by atoms with Crippen LogP contribution < -0.4 is 0 Å². The molecule has 2 aromatic rings. The second-order valence-electron chi connectivity index (χ2n) is 5.59. The molecule has 1 aliphatic heterocycles. The number of carbonyl (C=O) groups is 1. The lowest BCUT2D eigenvalue weighted by atomic mass is 10.1. The van der Waals surface area contributed by atoms with Gasteiger partial charge in [0.25, 0.3) is 5.91 Å². The second kappa shape index (κ2) is 6.66. The average molecular weight is 296 g/mol. The Bertz CT molecular complexity index is 636. The molecule has 0 unspecified atom stereocenters. The lowest BCUT2D eigenvalue weighted by Crippen LogP contribution is -2.48. The standard InChI is InChI=1S/C17H20N4O/c1-14-4-2-3-5-15(14)13-20-8-10-21(11-9-20)17(22)16-12-18-6-7-19-16/h2-7,12H,8-11,13H2,1H3. The van der Waals surface area contributed by atoms with Crippen LogP contribution in [0.2, 0.25) is 0 Å². The van der Waals surface area contributed by atoms with Gasteiger partial charge in [-0.15, -0.1) is 0 Å². The molecule has 0 spiro atoms. The zero-order chi connectivity index (χ0) is 15.4. The van der Waals surface area contributed by atoms with E-state index in [1.807, 2.05) is 4.90 Å². The summed E-state index contributed by atoms with van der Waals surface area (Å²) in [6, 6.07) is 8.46. The lowest BCUT2D eigenvalue weighted by molar-refractivity contribution is 0.0622. The van der Waals surface area contributed by atoms with Gasteiger partial charge in [-0.3, -0.25) is 14.7 Å². The summed E-state index contributed by atoms with van der Waals surface area (Å²) >= 11 is 0. The van der Waals surface area contributed by atoms with Crippen LogP contribution in [0.15, 0.2) is 42.9 Å². The minimum Gasteiger partial charge on any atom is -0.335 e. The van der Waals surface area contributed by atoms with Crippen LogP contribution in [0.4, 0.5) is 0 Å². The van der Waals surface area contributed by atoms with E-state index in [9.17, 15) is 4.79 Å². The van der Waals surface area contributed by atoms with E-state index in [0.717, 1.165) is 32.7 Å². The Morgan fingerprint density at radius 3 is 2.59 bits per heavy atom. The quantitative estimate of drug-likeness (QED) is 0.866. The molecule has 0 aliphatic carbocycles. The Morgan fingerprint density at radius 2 is 1.91 bits per heavy atom. The maximum Gasteiger partial charge on any atom is 0.274 e. The topological polar surface area (TPSA) is 49.3 Å². The highest BCUT2D eigenvalue weighted by Gasteiger charge is 2.23. The van der Waals surface area contributed by atoms with Gasteiger partial charge in [-0.1, -0.05) is 24.3 Å². The molecule has 0 radical (unpaired) electrons. The maximum atomic E-state index is 12.3. The smallest absolute Gasteiger partial charge is 0.274 e. The number of piperazine rings is 1. The normalized spacial score (nSPS) is 15.8. The van der Waals surface area contributed by atoms with Crippen molar-refractivity contribution < 1.29 is 4.79 Å². The van der Waals surface area contributed by atoms with Crippen LogP contribution in [0, 0.1) is 6.92 Å². The molecule has 1 aliphatic rings. The lowest BCUT2D eigenvalue weighted by Gasteiger charge is -2.34. The van der Waals surface area contributed by atoms with Gasteiger partial charge in [0, 0.05) is 45.1 Å². The molecule has 5 heteroatoms. The van der Waals surface area contributed by atoms with Gasteiger partial charge in [0.1, 0.15) is 5.69 Å². The third-order valence-corrected chi connectivity index (χ3v) is 4.10. The summed E-state index contributed by atoms with van der Waals surface area (Å²) in [6.45, 7) is 6.34. The fraction of sp³-hybridized carbons (Fsp3) is 0.353. The fourth-order valence-electron chi connectivity index (χ4n) is 2.71. The van der Waals surface area contributed by atoms with Gasteiger partial charge in [0.05, 0.1) is 6.20 Å². The van der Waals surface area contributed by atoms with Crippen molar-refractivity contribution in [1.29, 1.82) is 0 Å². The zero-order valence-electron chi connectivity index (χ0n) is 12.8. The van der Waals surface area contributed by atoms with Crippen LogP contribution in [0.1, 0.15) is 21.6 Å². The first-order valence-electron chi connectivity index (χ1n) is 7.56. The highest BCUT2D eigenvalue weighted by molar-refractivity contribution is 5.92. The highest BCUT2D eigenvalue weighted by Crippen LogP contribution is 2.13. The van der Waals surface area contributed by atoms with Gasteiger partial charge in [0.2, 0.25) is 0 Å². The van der Waals surface area contributed by atoms with E-state index in [2.05, 4.69) is 46.1 Å². The van der Waals surface area contributed by atoms with E-state index in [-0.39, 0.29) is 5.91 Å². The number of amides is 1. The average Bonchev–Trinajstić information content (AvgIpc) is 2.58. The van der Waals surface area contributed by atoms with Crippen molar-refractivity contribution in [3.05, 3.63) is 59.7 Å². The second-order valence-corrected chi connectivity index (χ2v) is 5.59. The maximum absolute atomic E-state index is 12.3. The minimum atomic E-state index is -0.0244. The molecule has 1 saturated heterocycles. The van der Waals surface area contributed by atoms with E-state index >= 15 is 0 Å². The summed E-state index contributed by atoms with van der Waals surface area (Å²) < 4.78 is 0. The van der Waals surface area contributed by atoms with Crippen molar-refractivity contribution >= 4 is 5.91 Å². The van der Waals surface area contributed by atoms with E-state index in [4.69, 9.17) is 0 Å². The first-order chi connectivity index (χ1) is 10.7. The molecule has 2 heterocycles. The third kappa shape index (κ3) is 3.31. The number of nitrogens with zero attached hydrogens (tertiary/aromatic N) is 4. The van der Waals surface area contributed by atoms with Crippen molar-refractivity contribution in [2.45, 2.75) is 13.5 Å². The van der Waals surface area contributed by atoms with E-state index < -0.39 is 0 Å². The first kappa shape index (κ1) is 14.7. The van der Waals surface area contributed by atoms with Gasteiger partial charge in [-0.05, 0) is 18.1 Å². The van der Waals surface area contributed by atoms with Crippen LogP contribution in [0.3, 0.4) is 0 Å². The van der Waals surface area contributed by atoms with Crippen molar-refractivity contribution in [3.63, 3.8) is 0 Å². The predicted octanol–water partition coefficient (Wildman–Crippen LogP) is 1.74. The molecule has 0 bridgehead atoms. The summed E-state index contributed by atoms with van der Waals surface area (Å²) in [7, 11) is 0. The van der Waals surface area contributed by atoms with E-state index in [0.29, 0.717) is 5.69 Å². The number of hydrogen-bond acceptors (Lipinski definition) is 4. The summed E-state index contributed by atoms with van der Waals surface area (Å²) in [5.41, 5.74) is 3.10. The van der Waals surface area contributed by atoms with Crippen molar-refractivity contribution in [2.75, 3.05) is 26.2 Å². The molecule has 0 saturated carbocycles. The largest absolute Gasteiger partial charge is 0.335 e. The summed E-state index contributed by atoms with van der Waals surface area (Å²) in [6.07, 6.45) is 4.67. The van der Waals surface area contributed by atoms with Gasteiger partial charge in [-0.25, -0.2) is 4.98 Å². The molecule has 1 amide bonds. The SMILES string of the molecule is Cc1ccccc1CN1CCN(C(=O)c2cnccn2)CC1. The zero-order valence-corrected chi connectivity index (χ0v) is 12.8. The van der Waals surface area contributed by atoms with Gasteiger partial charge in [0.15, 0.2) is 0 Å². The molecule has 0 N–H and O–H groups in total. The molecule has 114 valence electrons. The molecule has 1 aromatic carbocycles. The molecule has 1 aromatic heterocycles. The van der Waals surface area contributed by atoms with Crippen molar-refractivity contribution in [1.82, 2.24) is 19.8 Å². The Morgan fingerprint density at radius 1 is 1.14 bits per heavy atom. The number of rotatable bonds is 3. The Labute approximate surface area is 130 Å². The van der Waals surface area contributed by atoms with Crippen molar-refractivity contribution in [2.24, 2.45) is 0 Å². The summed E-state index contributed by atoms with van der Waals surface area (Å²) in [5.74, 6) is -0.0244. The Kier molecular flexibility index (Phi) is 4.44. The van der Waals surface area contributed by atoms with Crippen LogP contribution in [0.5, 0.6) is 0 Å². The molecule has 22 heavy (non-hydrogen) atoms. The Balaban J connectivity index is 1.57. The van der Waals surface area contributed by atoms with Gasteiger partial charge < -0.3 is 4.90 Å². The highest BCUT2D eigenvalue weighted by atomic mass is 16.2. The Hall–Kier alpha value is -2.27. The molecule has 3 rings (SSSR count). The van der Waals surface area contributed by atoms with Gasteiger partial charge in [-0.2, -0.15) is 0 Å². The number of carbonyl (C=O) groups excluding carboxylic acids is 1. The first-order valence-corrected chi connectivity index (χ1v) is 7.56. The number of benzene rings is 1. The van der Waals surface area contributed by atoms with Gasteiger partial charge >= 0.3 is 0 Å². The van der Waals surface area contributed by atoms with E-state index in [1.165, 1.54) is 17.3 Å². The molecule has 1 fully saturated rings. The van der Waals surface area contributed by atoms with Crippen LogP contribution >= 0.6 is 0 Å². The third-order valence-electron chi connectivity index (χ3n) is 4.10. The number of aryl methyl sites for hydroxylation is 1. The summed E-state index contributed by atoms with van der Waals surface area (Å²) in [5, 5.41) is 0. The number of hydrogen-bond donors (Lipinski definition) is 0. The molecular weight excluding hydrogens is 276 g/mol. The van der Waals surface area contributed by atoms with Crippen molar-refractivity contribution in [3.8, 4) is 0 Å². The molecule has 5 nitrogen and oxygen atoms in total. The van der Waals surface area contributed by atoms with Crippen LogP contribution in [-0.4, -0.2) is 51.9 Å². The van der Waals surface area contributed by atoms with Crippen LogP contribution in [0.25, 0.3) is 0 Å². The summed E-state index contributed by atoms with van der Waals surface area (Å²) in [4.78, 5) is 24.6. The van der Waals surface area contributed by atoms with Crippen LogP contribution in [-0.2, 0) is 6.54 Å².